The fourth-order valence-corrected chi connectivity index (χ4v) is 8.87. The van der Waals surface area contributed by atoms with Crippen LogP contribution < -0.4 is 9.47 Å². The predicted molar refractivity (Wildman–Crippen MR) is 242 cm³/mol. The van der Waals surface area contributed by atoms with Crippen LogP contribution in [0.5, 0.6) is 11.5 Å². The lowest BCUT2D eigenvalue weighted by molar-refractivity contribution is -0.191. The number of nitrogens with zero attached hydrogens (tertiary/aromatic N) is 2. The number of carbonyl (C=O) groups is 2. The third kappa shape index (κ3) is 8.29. The molecular weight excluding hydrogens is 827 g/mol. The maximum Gasteiger partial charge on any atom is 0.420 e. The Kier molecular flexibility index (Phi) is 11.0. The van der Waals surface area contributed by atoms with Gasteiger partial charge < -0.3 is 38.9 Å². The van der Waals surface area contributed by atoms with Crippen molar-refractivity contribution in [3.63, 3.8) is 0 Å². The van der Waals surface area contributed by atoms with Crippen molar-refractivity contribution in [2.75, 3.05) is 39.3 Å². The molecule has 4 N–H and O–H groups in total. The van der Waals surface area contributed by atoms with E-state index in [4.69, 9.17) is 42.1 Å². The number of hydrogen-bond donors (Lipinski definition) is 4. The lowest BCUT2D eigenvalue weighted by Crippen LogP contribution is -2.44. The third-order valence-corrected chi connectivity index (χ3v) is 12.1. The molecule has 2 unspecified atom stereocenters. The van der Waals surface area contributed by atoms with Gasteiger partial charge in [0.2, 0.25) is 0 Å². The number of benzene rings is 4. The smallest absolute Gasteiger partial charge is 0.420 e. The molecule has 0 saturated carbocycles. The Morgan fingerprint density at radius 1 is 0.565 bits per heavy atom. The Labute approximate surface area is 366 Å². The number of carbonyl (C=O) groups excluding carboxylic acids is 2. The van der Waals surface area contributed by atoms with Gasteiger partial charge in [-0.05, 0) is 84.7 Å². The van der Waals surface area contributed by atoms with E-state index < -0.39 is 24.5 Å². The molecule has 12 nitrogen and oxygen atoms in total. The summed E-state index contributed by atoms with van der Waals surface area (Å²) in [6, 6.07) is 26.7. The number of fused-ring (bicyclic) bond motifs is 4. The highest BCUT2D eigenvalue weighted by Crippen LogP contribution is 2.34. The molecule has 2 aliphatic heterocycles. The highest BCUT2D eigenvalue weighted by atomic mass is 35.5. The molecule has 0 saturated heterocycles. The largest absolute Gasteiger partial charge is 0.453 e. The molecule has 2 aliphatic rings. The Morgan fingerprint density at radius 3 is 1.47 bits per heavy atom. The lowest BCUT2D eigenvalue weighted by atomic mass is 9.99. The summed E-state index contributed by atoms with van der Waals surface area (Å²) in [4.78, 5) is 44.9. The Bertz CT molecular complexity index is 2810. The summed E-state index contributed by atoms with van der Waals surface area (Å²) in [7, 11) is 0. The summed E-state index contributed by atoms with van der Waals surface area (Å²) in [6.45, 7) is 2.90. The van der Waals surface area contributed by atoms with Crippen molar-refractivity contribution in [1.29, 1.82) is 0 Å². The van der Waals surface area contributed by atoms with E-state index in [1.54, 1.807) is 0 Å². The van der Waals surface area contributed by atoms with Gasteiger partial charge in [0.1, 0.15) is 11.5 Å². The molecule has 8 aromatic rings. The molecule has 0 spiro atoms. The summed E-state index contributed by atoms with van der Waals surface area (Å²) < 4.78 is 24.6. The number of esters is 2. The van der Waals surface area contributed by atoms with Gasteiger partial charge in [0.15, 0.2) is 0 Å². The average Bonchev–Trinajstić information content (AvgIpc) is 4.11. The molecule has 0 amide bonds. The molecule has 62 heavy (non-hydrogen) atoms. The van der Waals surface area contributed by atoms with Gasteiger partial charge in [-0.15, -0.1) is 0 Å². The van der Waals surface area contributed by atoms with Gasteiger partial charge in [0.05, 0.1) is 13.1 Å². The maximum atomic E-state index is 13.8. The first-order valence-corrected chi connectivity index (χ1v) is 21.3. The maximum absolute atomic E-state index is 13.8. The van der Waals surface area contributed by atoms with Crippen LogP contribution in [0.3, 0.4) is 0 Å². The molecule has 2 atom stereocenters. The highest BCUT2D eigenvalue weighted by Gasteiger charge is 2.31. The number of aromatic amines is 4. The number of rotatable bonds is 12. The number of hydrogen-bond acceptors (Lipinski definition) is 8. The molecule has 0 radical (unpaired) electrons. The van der Waals surface area contributed by atoms with Crippen molar-refractivity contribution < 1.29 is 28.5 Å². The first kappa shape index (κ1) is 39.7. The molecule has 6 heterocycles. The van der Waals surface area contributed by atoms with Crippen LogP contribution in [0.2, 0.25) is 10.0 Å². The zero-order valence-corrected chi connectivity index (χ0v) is 35.0. The van der Waals surface area contributed by atoms with E-state index in [2.05, 4.69) is 41.9 Å². The first-order chi connectivity index (χ1) is 30.3. The van der Waals surface area contributed by atoms with Crippen molar-refractivity contribution in [1.82, 2.24) is 29.7 Å². The Morgan fingerprint density at radius 2 is 1.03 bits per heavy atom. The van der Waals surface area contributed by atoms with E-state index in [9.17, 15) is 9.59 Å². The van der Waals surface area contributed by atoms with Crippen LogP contribution in [-0.4, -0.2) is 93.5 Å². The van der Waals surface area contributed by atoms with Gasteiger partial charge in [-0.25, -0.2) is 9.59 Å². The summed E-state index contributed by atoms with van der Waals surface area (Å²) in [5.41, 5.74) is 8.34. The van der Waals surface area contributed by atoms with Crippen molar-refractivity contribution in [3.8, 4) is 11.5 Å². The molecule has 14 heteroatoms. The number of nitrogens with one attached hydrogen (secondary N) is 4. The van der Waals surface area contributed by atoms with Crippen molar-refractivity contribution in [2.45, 2.75) is 25.4 Å². The first-order valence-electron chi connectivity index (χ1n) is 20.6. The minimum atomic E-state index is -1.18. The summed E-state index contributed by atoms with van der Waals surface area (Å²) in [5.74, 6) is -1.35. The molecule has 4 aromatic carbocycles. The van der Waals surface area contributed by atoms with E-state index in [0.717, 1.165) is 67.6 Å². The van der Waals surface area contributed by atoms with Gasteiger partial charge in [-0.2, -0.15) is 0 Å². The molecular formula is C48H42Cl2N6O6. The van der Waals surface area contributed by atoms with E-state index in [1.807, 2.05) is 110 Å². The minimum absolute atomic E-state index is 0.203. The SMILES string of the molecule is O=C(OC(CN1CC=C(c2c[nH]c3cc(Cl)ccc23)CC1)Oc1cccc2[nH]ccc12)C(=O)OC(CN1CC=C(c2c[nH]c3cc(Cl)ccc23)CC1)Oc1cccc2[nH]ccc12. The Balaban J connectivity index is 0.856. The second-order valence-electron chi connectivity index (χ2n) is 15.6. The van der Waals surface area contributed by atoms with E-state index in [1.165, 1.54) is 11.1 Å². The van der Waals surface area contributed by atoms with Crippen molar-refractivity contribution in [3.05, 3.63) is 143 Å². The zero-order valence-electron chi connectivity index (χ0n) is 33.5. The quantitative estimate of drug-likeness (QED) is 0.0541. The number of H-pyrrole nitrogens is 4. The molecule has 4 aromatic heterocycles. The summed E-state index contributed by atoms with van der Waals surface area (Å²) >= 11 is 12.5. The summed E-state index contributed by atoms with van der Waals surface area (Å²) in [5, 5.41) is 5.19. The van der Waals surface area contributed by atoms with Crippen molar-refractivity contribution >= 4 is 89.9 Å². The van der Waals surface area contributed by atoms with E-state index in [-0.39, 0.29) is 13.1 Å². The number of halogens is 2. The van der Waals surface area contributed by atoms with Crippen LogP contribution in [0.1, 0.15) is 24.0 Å². The third-order valence-electron chi connectivity index (χ3n) is 11.7. The van der Waals surface area contributed by atoms with Gasteiger partial charge in [-0.3, -0.25) is 9.80 Å². The topological polar surface area (TPSA) is 141 Å². The number of aromatic nitrogens is 4. The van der Waals surface area contributed by atoms with E-state index >= 15 is 0 Å². The normalized spacial score (nSPS) is 16.0. The minimum Gasteiger partial charge on any atom is -0.453 e. The van der Waals surface area contributed by atoms with Crippen LogP contribution in [0.4, 0.5) is 0 Å². The van der Waals surface area contributed by atoms with Gasteiger partial charge in [0, 0.05) is 116 Å². The van der Waals surface area contributed by atoms with Crippen LogP contribution in [-0.2, 0) is 19.1 Å². The van der Waals surface area contributed by atoms with Crippen LogP contribution in [0.25, 0.3) is 54.8 Å². The average molecular weight is 870 g/mol. The highest BCUT2D eigenvalue weighted by molar-refractivity contribution is 6.31. The van der Waals surface area contributed by atoms with Crippen LogP contribution in [0, 0.1) is 0 Å². The van der Waals surface area contributed by atoms with Gasteiger partial charge >= 0.3 is 11.9 Å². The standard InChI is InChI=1S/C48H42Cl2N6O6/c49-31-7-9-33-37(25-53-41(33)23-31)29-13-19-55(20-14-29)27-45(59-43-5-1-3-39-35(43)11-17-51-39)61-47(57)48(58)62-46(60-44-6-2-4-40-36(44)12-18-52-40)28-56-21-15-30(16-22-56)38-26-54-42-24-32(50)8-10-34(38)42/h1-13,15,17-18,23-26,45-46,51-54H,14,16,19-22,27-28H2. The van der Waals surface area contributed by atoms with Gasteiger partial charge in [-0.1, -0.05) is 59.6 Å². The Hall–Kier alpha value is -6.44. The molecule has 0 aliphatic carbocycles. The second-order valence-corrected chi connectivity index (χ2v) is 16.4. The fraction of sp³-hybridized carbons (Fsp3) is 0.208. The fourth-order valence-electron chi connectivity index (χ4n) is 8.53. The molecule has 10 rings (SSSR count). The summed E-state index contributed by atoms with van der Waals surface area (Å²) in [6.07, 6.45) is 11.2. The zero-order chi connectivity index (χ0) is 42.2. The van der Waals surface area contributed by atoms with E-state index in [0.29, 0.717) is 47.7 Å². The number of ether oxygens (including phenoxy) is 4. The van der Waals surface area contributed by atoms with Crippen LogP contribution >= 0.6 is 23.2 Å². The molecule has 0 fully saturated rings. The second kappa shape index (κ2) is 17.1. The lowest BCUT2D eigenvalue weighted by Gasteiger charge is -2.31. The molecule has 314 valence electrons. The predicted octanol–water partition coefficient (Wildman–Crippen LogP) is 9.69. The van der Waals surface area contributed by atoms with Crippen molar-refractivity contribution in [2.24, 2.45) is 0 Å². The monoisotopic (exact) mass is 868 g/mol. The van der Waals surface area contributed by atoms with Gasteiger partial charge in [0.25, 0.3) is 12.6 Å². The van der Waals surface area contributed by atoms with Crippen LogP contribution in [0.15, 0.2) is 122 Å². The molecule has 0 bridgehead atoms.